The maximum Gasteiger partial charge on any atom is 0.416 e. The van der Waals surface area contributed by atoms with Crippen LogP contribution >= 0.6 is 0 Å². The third kappa shape index (κ3) is 7.37. The molecule has 0 aliphatic carbocycles. The van der Waals surface area contributed by atoms with Crippen LogP contribution in [0.4, 0.5) is 15.3 Å². The van der Waals surface area contributed by atoms with E-state index in [1.54, 1.807) is 18.2 Å². The first-order chi connectivity index (χ1) is 19.0. The summed E-state index contributed by atoms with van der Waals surface area (Å²) in [5.41, 5.74) is 6.37. The van der Waals surface area contributed by atoms with Crippen LogP contribution < -0.4 is 21.9 Å². The smallest absolute Gasteiger partial charge is 0.416 e. The zero-order valence-corrected chi connectivity index (χ0v) is 22.5. The molecule has 1 unspecified atom stereocenters. The van der Waals surface area contributed by atoms with Crippen LogP contribution in [0.1, 0.15) is 37.9 Å². The number of nitrogens with zero attached hydrogens (tertiary/aromatic N) is 2. The van der Waals surface area contributed by atoms with E-state index >= 15 is 0 Å². The molecule has 3 aromatic rings. The standard InChI is InChI=1S/C28H33N5O7/c1-17(2)14-18-8-6-11-23-20(18)15-19(33(23)28(38)39)16-32-13-7-10-22(26(32)36)30-25(35)21(31-27(37)40-3)9-4-5-12-24(29)34/h5-8,10-13,15,17,21H,4,9,14,16H2,1-3H3,(H2,29,34)(H,30,35)(H,31,37)(H,38,39)/b12-5+. The molecule has 1 aromatic carbocycles. The lowest BCUT2D eigenvalue weighted by atomic mass is 10.00. The second kappa shape index (κ2) is 13.3. The number of primary amides is 1. The molecule has 40 heavy (non-hydrogen) atoms. The number of rotatable bonds is 11. The molecule has 0 spiro atoms. The van der Waals surface area contributed by atoms with Gasteiger partial charge in [0.05, 0.1) is 24.9 Å². The molecule has 2 aromatic heterocycles. The van der Waals surface area contributed by atoms with Crippen LogP contribution in [0.3, 0.4) is 0 Å². The molecule has 0 radical (unpaired) electrons. The van der Waals surface area contributed by atoms with Crippen LogP contribution in [0.25, 0.3) is 10.9 Å². The maximum absolute atomic E-state index is 13.3. The van der Waals surface area contributed by atoms with Gasteiger partial charge < -0.3 is 30.8 Å². The number of amides is 3. The van der Waals surface area contributed by atoms with Crippen molar-refractivity contribution in [2.75, 3.05) is 12.4 Å². The summed E-state index contributed by atoms with van der Waals surface area (Å²) in [7, 11) is 1.15. The van der Waals surface area contributed by atoms with Gasteiger partial charge in [0.25, 0.3) is 5.56 Å². The van der Waals surface area contributed by atoms with Crippen molar-refractivity contribution in [3.05, 3.63) is 76.4 Å². The number of anilines is 1. The van der Waals surface area contributed by atoms with Gasteiger partial charge in [0, 0.05) is 11.6 Å². The van der Waals surface area contributed by atoms with Gasteiger partial charge in [-0.05, 0) is 61.1 Å². The predicted molar refractivity (Wildman–Crippen MR) is 149 cm³/mol. The number of nitrogens with one attached hydrogen (secondary N) is 2. The number of carbonyl (C=O) groups excluding carboxylic acids is 3. The number of methoxy groups -OCH3 is 1. The summed E-state index contributed by atoms with van der Waals surface area (Å²) in [6, 6.07) is 9.15. The molecule has 2 heterocycles. The minimum Gasteiger partial charge on any atom is -0.464 e. The zero-order valence-electron chi connectivity index (χ0n) is 22.5. The average molecular weight is 552 g/mol. The summed E-state index contributed by atoms with van der Waals surface area (Å²) < 4.78 is 7.04. The van der Waals surface area contributed by atoms with Crippen LogP contribution in [-0.4, -0.2) is 51.4 Å². The van der Waals surface area contributed by atoms with Gasteiger partial charge in [-0.2, -0.15) is 0 Å². The van der Waals surface area contributed by atoms with Gasteiger partial charge in [0.2, 0.25) is 11.8 Å². The predicted octanol–water partition coefficient (Wildman–Crippen LogP) is 3.06. The Labute approximate surface area is 230 Å². The molecule has 1 atom stereocenters. The van der Waals surface area contributed by atoms with E-state index in [0.29, 0.717) is 17.1 Å². The quantitative estimate of drug-likeness (QED) is 0.265. The second-order valence-corrected chi connectivity index (χ2v) is 9.62. The van der Waals surface area contributed by atoms with Crippen molar-refractivity contribution in [2.24, 2.45) is 11.7 Å². The molecule has 0 aliphatic rings. The largest absolute Gasteiger partial charge is 0.464 e. The minimum atomic E-state index is -1.17. The normalized spacial score (nSPS) is 12.0. The SMILES string of the molecule is COC(=O)NC(CC/C=C/C(N)=O)C(=O)Nc1cccn(Cc2cc3c(CC(C)C)cccc3n2C(=O)O)c1=O. The van der Waals surface area contributed by atoms with Crippen molar-refractivity contribution in [3.63, 3.8) is 0 Å². The Morgan fingerprint density at radius 3 is 2.55 bits per heavy atom. The topological polar surface area (TPSA) is 175 Å². The summed E-state index contributed by atoms with van der Waals surface area (Å²) in [6.07, 6.45) is 3.19. The Morgan fingerprint density at radius 1 is 1.15 bits per heavy atom. The van der Waals surface area contributed by atoms with Gasteiger partial charge in [0.1, 0.15) is 11.7 Å². The van der Waals surface area contributed by atoms with Gasteiger partial charge in [-0.1, -0.05) is 32.1 Å². The van der Waals surface area contributed by atoms with E-state index in [2.05, 4.69) is 29.2 Å². The summed E-state index contributed by atoms with van der Waals surface area (Å²) >= 11 is 0. The van der Waals surface area contributed by atoms with Crippen LogP contribution in [0, 0.1) is 5.92 Å². The van der Waals surface area contributed by atoms with Crippen molar-refractivity contribution in [1.82, 2.24) is 14.5 Å². The van der Waals surface area contributed by atoms with Crippen molar-refractivity contribution >= 4 is 40.6 Å². The van der Waals surface area contributed by atoms with E-state index in [-0.39, 0.29) is 25.1 Å². The summed E-state index contributed by atoms with van der Waals surface area (Å²) in [5, 5.41) is 15.7. The molecule has 12 heteroatoms. The minimum absolute atomic E-state index is 0.0599. The third-order valence-electron chi connectivity index (χ3n) is 6.14. The number of carbonyl (C=O) groups is 4. The van der Waals surface area contributed by atoms with Crippen LogP contribution in [0.5, 0.6) is 0 Å². The fourth-order valence-electron chi connectivity index (χ4n) is 4.39. The maximum atomic E-state index is 13.3. The molecule has 3 rings (SSSR count). The highest BCUT2D eigenvalue weighted by Gasteiger charge is 2.22. The number of benzene rings is 1. The summed E-state index contributed by atoms with van der Waals surface area (Å²) in [5.74, 6) is -0.961. The first kappa shape index (κ1) is 29.7. The van der Waals surface area contributed by atoms with E-state index in [9.17, 15) is 29.1 Å². The van der Waals surface area contributed by atoms with Crippen LogP contribution in [0.15, 0.2) is 59.5 Å². The first-order valence-corrected chi connectivity index (χ1v) is 12.7. The lowest BCUT2D eigenvalue weighted by molar-refractivity contribution is -0.118. The van der Waals surface area contributed by atoms with Gasteiger partial charge in [0.15, 0.2) is 0 Å². The fraction of sp³-hybridized carbons (Fsp3) is 0.321. The molecule has 0 aliphatic heterocycles. The Morgan fingerprint density at radius 2 is 1.90 bits per heavy atom. The number of ether oxygens (including phenoxy) is 1. The molecule has 212 valence electrons. The Balaban J connectivity index is 1.89. The van der Waals surface area contributed by atoms with E-state index in [1.165, 1.54) is 22.9 Å². The molecule has 5 N–H and O–H groups in total. The molecule has 0 saturated heterocycles. The molecule has 12 nitrogen and oxygen atoms in total. The lowest BCUT2D eigenvalue weighted by Gasteiger charge is -2.17. The van der Waals surface area contributed by atoms with Crippen molar-refractivity contribution < 1.29 is 29.0 Å². The van der Waals surface area contributed by atoms with Crippen molar-refractivity contribution in [3.8, 4) is 0 Å². The third-order valence-corrected chi connectivity index (χ3v) is 6.14. The summed E-state index contributed by atoms with van der Waals surface area (Å²) in [4.78, 5) is 61.1. The summed E-state index contributed by atoms with van der Waals surface area (Å²) in [6.45, 7) is 4.10. The number of hydrogen-bond donors (Lipinski definition) is 4. The second-order valence-electron chi connectivity index (χ2n) is 9.62. The van der Waals surface area contributed by atoms with Crippen molar-refractivity contribution in [1.29, 1.82) is 0 Å². The monoisotopic (exact) mass is 551 g/mol. The number of carboxylic acid groups (broad SMARTS) is 1. The average Bonchev–Trinajstić information content (AvgIpc) is 3.26. The highest BCUT2D eigenvalue weighted by atomic mass is 16.5. The van der Waals surface area contributed by atoms with Crippen LogP contribution in [0.2, 0.25) is 0 Å². The number of nitrogens with two attached hydrogens (primary N) is 1. The van der Waals surface area contributed by atoms with Crippen molar-refractivity contribution in [2.45, 2.75) is 45.7 Å². The molecular weight excluding hydrogens is 518 g/mol. The Hall–Kier alpha value is -4.87. The molecule has 0 bridgehead atoms. The highest BCUT2D eigenvalue weighted by Crippen LogP contribution is 2.26. The van der Waals surface area contributed by atoms with Gasteiger partial charge in [-0.15, -0.1) is 0 Å². The van der Waals surface area contributed by atoms with Crippen LogP contribution in [-0.2, 0) is 27.3 Å². The van der Waals surface area contributed by atoms with Gasteiger partial charge in [-0.25, -0.2) is 14.2 Å². The first-order valence-electron chi connectivity index (χ1n) is 12.7. The number of pyridine rings is 1. The number of hydrogen-bond acceptors (Lipinski definition) is 6. The molecule has 3 amide bonds. The number of fused-ring (bicyclic) bond motifs is 1. The number of allylic oxidation sites excluding steroid dienone is 1. The number of alkyl carbamates (subject to hydrolysis) is 1. The van der Waals surface area contributed by atoms with E-state index in [0.717, 1.165) is 35.1 Å². The van der Waals surface area contributed by atoms with E-state index < -0.39 is 35.6 Å². The van der Waals surface area contributed by atoms with Gasteiger partial charge in [-0.3, -0.25) is 14.4 Å². The zero-order chi connectivity index (χ0) is 29.4. The van der Waals surface area contributed by atoms with E-state index in [1.807, 2.05) is 12.1 Å². The number of aromatic nitrogens is 2. The molecule has 0 saturated carbocycles. The fourth-order valence-corrected chi connectivity index (χ4v) is 4.39. The molecule has 0 fully saturated rings. The van der Waals surface area contributed by atoms with E-state index in [4.69, 9.17) is 5.73 Å². The Kier molecular flexibility index (Phi) is 9.85. The Bertz CT molecular complexity index is 1500. The molecular formula is C28H33N5O7. The lowest BCUT2D eigenvalue weighted by Crippen LogP contribution is -2.44. The highest BCUT2D eigenvalue weighted by molar-refractivity contribution is 5.96. The van der Waals surface area contributed by atoms with Gasteiger partial charge >= 0.3 is 12.2 Å².